The molecule has 0 bridgehead atoms. The van der Waals surface area contributed by atoms with E-state index in [1.165, 1.54) is 0 Å². The van der Waals surface area contributed by atoms with Gasteiger partial charge < -0.3 is 16.2 Å². The van der Waals surface area contributed by atoms with Crippen LogP contribution in [0.5, 0.6) is 0 Å². The second kappa shape index (κ2) is 3.39. The molecule has 0 spiro atoms. The Bertz CT molecular complexity index is 238. The fraction of sp³-hybridized carbons (Fsp3) is 0.857. The first-order valence-electron chi connectivity index (χ1n) is 4.08. The Balaban J connectivity index is 2.30. The van der Waals surface area contributed by atoms with Crippen LogP contribution in [0, 0.1) is 0 Å². The number of carbonyl (C=O) groups excluding carboxylic acids is 1. The van der Waals surface area contributed by atoms with Crippen molar-refractivity contribution in [3.8, 4) is 0 Å². The van der Waals surface area contributed by atoms with Gasteiger partial charge in [0.15, 0.2) is 6.10 Å². The highest BCUT2D eigenvalue weighted by Crippen LogP contribution is 2.32. The largest absolute Gasteiger partial charge is 0.416 e. The molecule has 82 valence electrons. The maximum Gasteiger partial charge on any atom is 0.416 e. The third-order valence-corrected chi connectivity index (χ3v) is 2.07. The summed E-state index contributed by atoms with van der Waals surface area (Å²) in [7, 11) is 0. The maximum atomic E-state index is 11.8. The van der Waals surface area contributed by atoms with Crippen LogP contribution in [0.25, 0.3) is 0 Å². The van der Waals surface area contributed by atoms with Crippen LogP contribution < -0.4 is 11.1 Å². The number of amides is 1. The van der Waals surface area contributed by atoms with Crippen molar-refractivity contribution in [1.82, 2.24) is 5.32 Å². The molecule has 4 N–H and O–H groups in total. The van der Waals surface area contributed by atoms with Gasteiger partial charge in [-0.2, -0.15) is 13.2 Å². The quantitative estimate of drug-likeness (QED) is 0.591. The lowest BCUT2D eigenvalue weighted by Crippen LogP contribution is -2.48. The topological polar surface area (TPSA) is 75.4 Å². The summed E-state index contributed by atoms with van der Waals surface area (Å²) in [6, 6.07) is 0. The van der Waals surface area contributed by atoms with E-state index in [1.807, 2.05) is 5.32 Å². The van der Waals surface area contributed by atoms with Gasteiger partial charge in [-0.1, -0.05) is 0 Å². The molecule has 1 rings (SSSR count). The van der Waals surface area contributed by atoms with E-state index < -0.39 is 30.3 Å². The summed E-state index contributed by atoms with van der Waals surface area (Å²) in [6.45, 7) is -0.846. The van der Waals surface area contributed by atoms with Crippen molar-refractivity contribution >= 4 is 5.91 Å². The number of alkyl halides is 3. The molecule has 0 radical (unpaired) electrons. The Kier molecular flexibility index (Phi) is 2.73. The van der Waals surface area contributed by atoms with Gasteiger partial charge in [-0.3, -0.25) is 4.79 Å². The van der Waals surface area contributed by atoms with Gasteiger partial charge in [-0.05, 0) is 12.8 Å². The lowest BCUT2D eigenvalue weighted by atomic mass is 10.2. The number of nitrogens with one attached hydrogen (secondary N) is 1. The molecule has 1 fully saturated rings. The molecule has 0 heterocycles. The third kappa shape index (κ3) is 2.58. The van der Waals surface area contributed by atoms with Crippen LogP contribution in [0.1, 0.15) is 12.8 Å². The van der Waals surface area contributed by atoms with Crippen molar-refractivity contribution in [1.29, 1.82) is 0 Å². The van der Waals surface area contributed by atoms with Gasteiger partial charge in [0, 0.05) is 0 Å². The van der Waals surface area contributed by atoms with Crippen LogP contribution in [0.4, 0.5) is 13.2 Å². The van der Waals surface area contributed by atoms with Crippen molar-refractivity contribution in [2.75, 3.05) is 6.54 Å². The minimum Gasteiger partial charge on any atom is -0.382 e. The van der Waals surface area contributed by atoms with E-state index in [-0.39, 0.29) is 0 Å². The molecule has 0 aliphatic heterocycles. The molecule has 4 nitrogen and oxygen atoms in total. The van der Waals surface area contributed by atoms with Gasteiger partial charge in [0.05, 0.1) is 12.1 Å². The predicted molar refractivity (Wildman–Crippen MR) is 41.2 cm³/mol. The summed E-state index contributed by atoms with van der Waals surface area (Å²) in [5.74, 6) is -0.638. The lowest BCUT2D eigenvalue weighted by Gasteiger charge is -2.16. The Labute approximate surface area is 78.3 Å². The number of carbonyl (C=O) groups is 1. The van der Waals surface area contributed by atoms with E-state index >= 15 is 0 Å². The van der Waals surface area contributed by atoms with Gasteiger partial charge in [0.2, 0.25) is 5.91 Å². The summed E-state index contributed by atoms with van der Waals surface area (Å²) < 4.78 is 35.3. The number of aliphatic hydroxyl groups is 1. The zero-order chi connectivity index (χ0) is 11.0. The zero-order valence-electron chi connectivity index (χ0n) is 7.27. The summed E-state index contributed by atoms with van der Waals surface area (Å²) in [5.41, 5.74) is 4.40. The van der Waals surface area contributed by atoms with Gasteiger partial charge in [0.25, 0.3) is 0 Å². The highest BCUT2D eigenvalue weighted by molar-refractivity contribution is 5.88. The summed E-state index contributed by atoms with van der Waals surface area (Å²) in [5, 5.41) is 10.5. The van der Waals surface area contributed by atoms with Crippen molar-refractivity contribution in [3.63, 3.8) is 0 Å². The van der Waals surface area contributed by atoms with Gasteiger partial charge in [-0.15, -0.1) is 0 Å². The van der Waals surface area contributed by atoms with Crippen LogP contribution >= 0.6 is 0 Å². The molecule has 1 unspecified atom stereocenters. The Hall–Kier alpha value is -0.820. The summed E-state index contributed by atoms with van der Waals surface area (Å²) >= 11 is 0. The van der Waals surface area contributed by atoms with Gasteiger partial charge in [0.1, 0.15) is 0 Å². The predicted octanol–water partition coefficient (Wildman–Crippen LogP) is -0.483. The van der Waals surface area contributed by atoms with Crippen molar-refractivity contribution in [2.45, 2.75) is 30.7 Å². The SMILES string of the molecule is NC1(C(=O)NCC(O)C(F)(F)F)CC1. The first-order valence-corrected chi connectivity index (χ1v) is 4.08. The van der Waals surface area contributed by atoms with Crippen LogP contribution in [-0.4, -0.2) is 35.4 Å². The van der Waals surface area contributed by atoms with E-state index in [0.29, 0.717) is 12.8 Å². The van der Waals surface area contributed by atoms with Crippen molar-refractivity contribution in [3.05, 3.63) is 0 Å². The number of nitrogens with two attached hydrogens (primary N) is 1. The van der Waals surface area contributed by atoms with E-state index in [1.54, 1.807) is 0 Å². The Morgan fingerprint density at radius 3 is 2.43 bits per heavy atom. The number of hydrogen-bond donors (Lipinski definition) is 3. The molecule has 7 heteroatoms. The lowest BCUT2D eigenvalue weighted by molar-refractivity contribution is -0.201. The van der Waals surface area contributed by atoms with Crippen molar-refractivity contribution < 1.29 is 23.1 Å². The van der Waals surface area contributed by atoms with Gasteiger partial charge in [-0.25, -0.2) is 0 Å². The maximum absolute atomic E-state index is 11.8. The molecular formula is C7H11F3N2O2. The second-order valence-corrected chi connectivity index (χ2v) is 3.42. The molecule has 0 aromatic carbocycles. The second-order valence-electron chi connectivity index (χ2n) is 3.42. The molecule has 0 saturated heterocycles. The van der Waals surface area contributed by atoms with Gasteiger partial charge >= 0.3 is 6.18 Å². The van der Waals surface area contributed by atoms with E-state index in [4.69, 9.17) is 10.8 Å². The zero-order valence-corrected chi connectivity index (χ0v) is 7.27. The minimum absolute atomic E-state index is 0.473. The summed E-state index contributed by atoms with van der Waals surface area (Å²) in [6.07, 6.45) is -6.30. The molecule has 1 saturated carbocycles. The fourth-order valence-corrected chi connectivity index (χ4v) is 0.843. The highest BCUT2D eigenvalue weighted by atomic mass is 19.4. The molecule has 0 aromatic heterocycles. The van der Waals surface area contributed by atoms with Crippen LogP contribution in [-0.2, 0) is 4.79 Å². The molecule has 1 amide bonds. The molecular weight excluding hydrogens is 201 g/mol. The first kappa shape index (κ1) is 11.3. The molecule has 1 aliphatic carbocycles. The monoisotopic (exact) mass is 212 g/mol. The molecule has 0 aromatic rings. The Morgan fingerprint density at radius 1 is 1.57 bits per heavy atom. The van der Waals surface area contributed by atoms with E-state index in [0.717, 1.165) is 0 Å². The summed E-state index contributed by atoms with van der Waals surface area (Å²) in [4.78, 5) is 11.0. The van der Waals surface area contributed by atoms with Crippen LogP contribution in [0.2, 0.25) is 0 Å². The Morgan fingerprint density at radius 2 is 2.07 bits per heavy atom. The molecule has 1 atom stereocenters. The normalized spacial score (nSPS) is 21.5. The van der Waals surface area contributed by atoms with Crippen LogP contribution in [0.3, 0.4) is 0 Å². The van der Waals surface area contributed by atoms with Crippen molar-refractivity contribution in [2.24, 2.45) is 5.73 Å². The highest BCUT2D eigenvalue weighted by Gasteiger charge is 2.46. The van der Waals surface area contributed by atoms with Crippen LogP contribution in [0.15, 0.2) is 0 Å². The number of hydrogen-bond acceptors (Lipinski definition) is 3. The number of aliphatic hydroxyl groups excluding tert-OH is 1. The fourth-order valence-electron chi connectivity index (χ4n) is 0.843. The first-order chi connectivity index (χ1) is 6.26. The third-order valence-electron chi connectivity index (χ3n) is 2.07. The van der Waals surface area contributed by atoms with E-state index in [2.05, 4.69) is 0 Å². The molecule has 1 aliphatic rings. The smallest absolute Gasteiger partial charge is 0.382 e. The average Bonchev–Trinajstić information content (AvgIpc) is 2.78. The minimum atomic E-state index is -4.71. The molecule has 14 heavy (non-hydrogen) atoms. The average molecular weight is 212 g/mol. The standard InChI is InChI=1S/C7H11F3N2O2/c8-7(9,10)4(13)3-12-5(14)6(11)1-2-6/h4,13H,1-3,11H2,(H,12,14). The number of rotatable bonds is 3. The van der Waals surface area contributed by atoms with E-state index in [9.17, 15) is 18.0 Å². The number of halogens is 3.